The molecule has 2 rings (SSSR count). The fourth-order valence-corrected chi connectivity index (χ4v) is 2.59. The summed E-state index contributed by atoms with van der Waals surface area (Å²) >= 11 is 6.09. The molecule has 2 N–H and O–H groups in total. The van der Waals surface area contributed by atoms with Crippen molar-refractivity contribution in [3.63, 3.8) is 0 Å². The van der Waals surface area contributed by atoms with Crippen molar-refractivity contribution in [1.82, 2.24) is 5.32 Å². The Balaban J connectivity index is 2.18. The van der Waals surface area contributed by atoms with Crippen LogP contribution in [0, 0.1) is 22.9 Å². The number of methoxy groups -OCH3 is 1. The Morgan fingerprint density at radius 3 is 2.57 bits per heavy atom. The third kappa shape index (κ3) is 5.02. The van der Waals surface area contributed by atoms with E-state index >= 15 is 0 Å². The Kier molecular flexibility index (Phi) is 7.02. The van der Waals surface area contributed by atoms with Crippen molar-refractivity contribution in [1.29, 1.82) is 0 Å². The Morgan fingerprint density at radius 2 is 1.96 bits per heavy atom. The van der Waals surface area contributed by atoms with Crippen LogP contribution in [0.15, 0.2) is 30.3 Å². The van der Waals surface area contributed by atoms with E-state index in [1.165, 1.54) is 32.2 Å². The van der Waals surface area contributed by atoms with Gasteiger partial charge in [0.15, 0.2) is 0 Å². The molecule has 0 aliphatic rings. The zero-order chi connectivity index (χ0) is 20.8. The highest BCUT2D eigenvalue weighted by molar-refractivity contribution is 6.34. The second-order valence-electron chi connectivity index (χ2n) is 5.76. The highest BCUT2D eigenvalue weighted by Gasteiger charge is 2.20. The molecule has 28 heavy (non-hydrogen) atoms. The highest BCUT2D eigenvalue weighted by Crippen LogP contribution is 2.25. The molecule has 148 valence electrons. The normalized spacial score (nSPS) is 10.4. The molecule has 0 unspecified atom stereocenters. The molecular weight excluding hydrogens is 393 g/mol. The molecule has 0 aliphatic heterocycles. The second kappa shape index (κ2) is 9.25. The maximum absolute atomic E-state index is 13.9. The summed E-state index contributed by atoms with van der Waals surface area (Å²) in [6.07, 6.45) is 0. The predicted molar refractivity (Wildman–Crippen MR) is 101 cm³/mol. The third-order valence-corrected chi connectivity index (χ3v) is 4.15. The summed E-state index contributed by atoms with van der Waals surface area (Å²) in [4.78, 5) is 34.6. The molecule has 0 atom stereocenters. The van der Waals surface area contributed by atoms with Crippen LogP contribution >= 0.6 is 11.6 Å². The Bertz CT molecular complexity index is 936. The lowest BCUT2D eigenvalue weighted by Crippen LogP contribution is -2.27. The van der Waals surface area contributed by atoms with Gasteiger partial charge >= 0.3 is 0 Å². The standard InChI is InChI=1S/C18H17ClFN3O5/c1-10-15(20)7-11(8-16(10)23(26)27)17(24)22-12-3-4-13(14(19)9-12)18(25)21-5-6-28-2/h3-4,7-9H,5-6H2,1-2H3,(H,21,25)(H,22,24). The molecular formula is C18H17ClFN3O5. The molecule has 0 aromatic heterocycles. The first-order valence-corrected chi connectivity index (χ1v) is 8.45. The van der Waals surface area contributed by atoms with Crippen LogP contribution in [-0.4, -0.2) is 37.0 Å². The molecule has 0 saturated carbocycles. The van der Waals surface area contributed by atoms with Crippen LogP contribution in [0.4, 0.5) is 15.8 Å². The Labute approximate surface area is 164 Å². The number of ether oxygens (including phenoxy) is 1. The van der Waals surface area contributed by atoms with Crippen molar-refractivity contribution in [2.45, 2.75) is 6.92 Å². The molecule has 8 nitrogen and oxygen atoms in total. The lowest BCUT2D eigenvalue weighted by molar-refractivity contribution is -0.385. The lowest BCUT2D eigenvalue weighted by atomic mass is 10.1. The number of hydrogen-bond donors (Lipinski definition) is 2. The number of nitro groups is 1. The van der Waals surface area contributed by atoms with Crippen LogP contribution in [-0.2, 0) is 4.74 Å². The van der Waals surface area contributed by atoms with Crippen molar-refractivity contribution >= 4 is 34.8 Å². The first-order valence-electron chi connectivity index (χ1n) is 8.07. The van der Waals surface area contributed by atoms with Gasteiger partial charge in [0.05, 0.1) is 27.7 Å². The lowest BCUT2D eigenvalue weighted by Gasteiger charge is -2.10. The first-order chi connectivity index (χ1) is 13.2. The van der Waals surface area contributed by atoms with Crippen LogP contribution in [0.5, 0.6) is 0 Å². The fourth-order valence-electron chi connectivity index (χ4n) is 2.33. The molecule has 2 aromatic rings. The largest absolute Gasteiger partial charge is 0.383 e. The number of anilines is 1. The van der Waals surface area contributed by atoms with Crippen LogP contribution in [0.1, 0.15) is 26.3 Å². The number of nitro benzene ring substituents is 1. The summed E-state index contributed by atoms with van der Waals surface area (Å²) < 4.78 is 18.7. The number of nitrogens with one attached hydrogen (secondary N) is 2. The van der Waals surface area contributed by atoms with E-state index in [-0.39, 0.29) is 27.4 Å². The number of benzene rings is 2. The van der Waals surface area contributed by atoms with Gasteiger partial charge in [-0.2, -0.15) is 0 Å². The Morgan fingerprint density at radius 1 is 1.25 bits per heavy atom. The van der Waals surface area contributed by atoms with Crippen molar-refractivity contribution in [2.24, 2.45) is 0 Å². The van der Waals surface area contributed by atoms with Crippen molar-refractivity contribution in [3.05, 3.63) is 68.0 Å². The number of carbonyl (C=O) groups is 2. The number of nitrogens with zero attached hydrogens (tertiary/aromatic N) is 1. The van der Waals surface area contributed by atoms with Gasteiger partial charge < -0.3 is 15.4 Å². The average molecular weight is 410 g/mol. The smallest absolute Gasteiger partial charge is 0.276 e. The molecule has 0 heterocycles. The number of hydrogen-bond acceptors (Lipinski definition) is 5. The average Bonchev–Trinajstić information content (AvgIpc) is 2.63. The van der Waals surface area contributed by atoms with Gasteiger partial charge in [0.2, 0.25) is 0 Å². The van der Waals surface area contributed by atoms with Gasteiger partial charge in [-0.25, -0.2) is 4.39 Å². The van der Waals surface area contributed by atoms with E-state index in [0.29, 0.717) is 13.2 Å². The zero-order valence-corrected chi connectivity index (χ0v) is 15.8. The van der Waals surface area contributed by atoms with E-state index in [9.17, 15) is 24.1 Å². The van der Waals surface area contributed by atoms with E-state index in [2.05, 4.69) is 10.6 Å². The van der Waals surface area contributed by atoms with Gasteiger partial charge in [-0.1, -0.05) is 11.6 Å². The quantitative estimate of drug-likeness (QED) is 0.414. The van der Waals surface area contributed by atoms with Crippen LogP contribution in [0.2, 0.25) is 5.02 Å². The predicted octanol–water partition coefficient (Wildman–Crippen LogP) is 3.32. The van der Waals surface area contributed by atoms with Gasteiger partial charge in [0.1, 0.15) is 5.82 Å². The molecule has 10 heteroatoms. The summed E-state index contributed by atoms with van der Waals surface area (Å²) in [5, 5.41) is 16.2. The van der Waals surface area contributed by atoms with Gasteiger partial charge in [0, 0.05) is 31.0 Å². The van der Waals surface area contributed by atoms with Crippen LogP contribution < -0.4 is 10.6 Å². The minimum absolute atomic E-state index is 0.0915. The second-order valence-corrected chi connectivity index (χ2v) is 6.16. The molecule has 0 fully saturated rings. The van der Waals surface area contributed by atoms with Gasteiger partial charge in [-0.15, -0.1) is 0 Å². The van der Waals surface area contributed by atoms with E-state index in [1.807, 2.05) is 0 Å². The zero-order valence-electron chi connectivity index (χ0n) is 15.0. The van der Waals surface area contributed by atoms with E-state index in [0.717, 1.165) is 12.1 Å². The third-order valence-electron chi connectivity index (χ3n) is 3.84. The summed E-state index contributed by atoms with van der Waals surface area (Å²) in [6.45, 7) is 1.91. The SMILES string of the molecule is COCCNC(=O)c1ccc(NC(=O)c2cc(F)c(C)c([N+](=O)[O-])c2)cc1Cl. The molecule has 2 amide bonds. The van der Waals surface area contributed by atoms with Crippen LogP contribution in [0.25, 0.3) is 0 Å². The monoisotopic (exact) mass is 409 g/mol. The van der Waals surface area contributed by atoms with Gasteiger partial charge in [-0.05, 0) is 31.2 Å². The molecule has 0 bridgehead atoms. The summed E-state index contributed by atoms with van der Waals surface area (Å²) in [6, 6.07) is 6.11. The Hall–Kier alpha value is -3.04. The maximum Gasteiger partial charge on any atom is 0.276 e. The van der Waals surface area contributed by atoms with Crippen LogP contribution in [0.3, 0.4) is 0 Å². The molecule has 0 saturated heterocycles. The number of halogens is 2. The van der Waals surface area contributed by atoms with E-state index in [4.69, 9.17) is 16.3 Å². The summed E-state index contributed by atoms with van der Waals surface area (Å²) in [5.74, 6) is -2.02. The van der Waals surface area contributed by atoms with Crippen molar-refractivity contribution in [3.8, 4) is 0 Å². The maximum atomic E-state index is 13.9. The number of amides is 2. The first kappa shape index (κ1) is 21.3. The highest BCUT2D eigenvalue weighted by atomic mass is 35.5. The summed E-state index contributed by atoms with van der Waals surface area (Å²) in [5.41, 5.74) is -0.424. The summed E-state index contributed by atoms with van der Waals surface area (Å²) in [7, 11) is 1.51. The number of carbonyl (C=O) groups excluding carboxylic acids is 2. The fraction of sp³-hybridized carbons (Fsp3) is 0.222. The van der Waals surface area contributed by atoms with E-state index < -0.39 is 28.2 Å². The minimum Gasteiger partial charge on any atom is -0.383 e. The molecule has 0 aliphatic carbocycles. The minimum atomic E-state index is -0.861. The molecule has 2 aromatic carbocycles. The van der Waals surface area contributed by atoms with E-state index in [1.54, 1.807) is 0 Å². The van der Waals surface area contributed by atoms with Crippen molar-refractivity contribution < 1.29 is 23.6 Å². The van der Waals surface area contributed by atoms with Crippen molar-refractivity contribution in [2.75, 3.05) is 25.6 Å². The topological polar surface area (TPSA) is 111 Å². The number of rotatable bonds is 7. The van der Waals surface area contributed by atoms with Gasteiger partial charge in [0.25, 0.3) is 17.5 Å². The molecule has 0 spiro atoms. The van der Waals surface area contributed by atoms with Gasteiger partial charge in [-0.3, -0.25) is 19.7 Å². The molecule has 0 radical (unpaired) electrons.